The van der Waals surface area contributed by atoms with Crippen LogP contribution in [0.1, 0.15) is 12.1 Å². The minimum atomic E-state index is -3.09. The molecule has 0 bridgehead atoms. The Morgan fingerprint density at radius 2 is 2.29 bits per heavy atom. The number of nitrogens with zero attached hydrogens (tertiary/aromatic N) is 4. The summed E-state index contributed by atoms with van der Waals surface area (Å²) in [6.07, 6.45) is 7.96. The molecule has 0 saturated carbocycles. The highest BCUT2D eigenvalue weighted by Gasteiger charge is 2.28. The van der Waals surface area contributed by atoms with Crippen molar-refractivity contribution < 1.29 is 8.42 Å². The third-order valence-corrected chi connectivity index (χ3v) is 4.95. The van der Waals surface area contributed by atoms with Gasteiger partial charge in [0.25, 0.3) is 0 Å². The number of H-pyrrole nitrogens is 1. The van der Waals surface area contributed by atoms with Crippen molar-refractivity contribution in [2.45, 2.75) is 12.8 Å². The van der Waals surface area contributed by atoms with Crippen LogP contribution in [0.4, 0.5) is 0 Å². The highest BCUT2D eigenvalue weighted by atomic mass is 32.2. The van der Waals surface area contributed by atoms with Crippen LogP contribution >= 0.6 is 0 Å². The van der Waals surface area contributed by atoms with E-state index in [1.807, 2.05) is 6.07 Å². The molecule has 0 aromatic carbocycles. The van der Waals surface area contributed by atoms with Gasteiger partial charge >= 0.3 is 0 Å². The monoisotopic (exact) mass is 307 g/mol. The number of hydrogen-bond acceptors (Lipinski definition) is 5. The molecule has 1 saturated heterocycles. The SMILES string of the molecule is CS(=O)(=O)N1CCC(Cc2cncc(-c3ccn[nH]3)n2)C1. The highest BCUT2D eigenvalue weighted by Crippen LogP contribution is 2.22. The molecule has 1 unspecified atom stereocenters. The summed E-state index contributed by atoms with van der Waals surface area (Å²) in [5.41, 5.74) is 2.46. The molecular weight excluding hydrogens is 290 g/mol. The van der Waals surface area contributed by atoms with Crippen molar-refractivity contribution in [2.24, 2.45) is 5.92 Å². The van der Waals surface area contributed by atoms with Gasteiger partial charge in [0, 0.05) is 25.5 Å². The van der Waals surface area contributed by atoms with Gasteiger partial charge in [-0.15, -0.1) is 0 Å². The summed E-state index contributed by atoms with van der Waals surface area (Å²) >= 11 is 0. The van der Waals surface area contributed by atoms with E-state index in [1.165, 1.54) is 10.6 Å². The van der Waals surface area contributed by atoms with Gasteiger partial charge in [-0.05, 0) is 24.8 Å². The van der Waals surface area contributed by atoms with E-state index in [0.29, 0.717) is 19.0 Å². The Morgan fingerprint density at radius 1 is 1.43 bits per heavy atom. The normalized spacial score (nSPS) is 20.0. The van der Waals surface area contributed by atoms with E-state index in [4.69, 9.17) is 0 Å². The second-order valence-electron chi connectivity index (χ2n) is 5.35. The van der Waals surface area contributed by atoms with Crippen molar-refractivity contribution in [3.8, 4) is 11.4 Å². The Bertz CT molecular complexity index is 714. The van der Waals surface area contributed by atoms with Crippen LogP contribution < -0.4 is 0 Å². The number of sulfonamides is 1. The predicted octanol–water partition coefficient (Wildman–Crippen LogP) is 0.691. The molecule has 112 valence electrons. The fraction of sp³-hybridized carbons (Fsp3) is 0.462. The molecule has 1 N–H and O–H groups in total. The van der Waals surface area contributed by atoms with E-state index in [-0.39, 0.29) is 0 Å². The summed E-state index contributed by atoms with van der Waals surface area (Å²) in [5, 5.41) is 6.76. The van der Waals surface area contributed by atoms with Crippen LogP contribution in [0.5, 0.6) is 0 Å². The van der Waals surface area contributed by atoms with Gasteiger partial charge in [-0.2, -0.15) is 5.10 Å². The van der Waals surface area contributed by atoms with Crippen LogP contribution in [0.25, 0.3) is 11.4 Å². The summed E-state index contributed by atoms with van der Waals surface area (Å²) < 4.78 is 24.6. The largest absolute Gasteiger partial charge is 0.276 e. The third kappa shape index (κ3) is 3.27. The van der Waals surface area contributed by atoms with Gasteiger partial charge in [0.1, 0.15) is 5.69 Å². The Balaban J connectivity index is 1.71. The molecule has 2 aromatic heterocycles. The molecule has 0 amide bonds. The lowest BCUT2D eigenvalue weighted by Gasteiger charge is -2.13. The molecule has 8 heteroatoms. The second-order valence-corrected chi connectivity index (χ2v) is 7.33. The van der Waals surface area contributed by atoms with Gasteiger partial charge in [0.15, 0.2) is 0 Å². The number of rotatable bonds is 4. The lowest BCUT2D eigenvalue weighted by molar-refractivity contribution is 0.459. The maximum absolute atomic E-state index is 11.5. The van der Waals surface area contributed by atoms with E-state index >= 15 is 0 Å². The lowest BCUT2D eigenvalue weighted by Crippen LogP contribution is -2.27. The number of nitrogens with one attached hydrogen (secondary N) is 1. The first-order chi connectivity index (χ1) is 10.0. The maximum atomic E-state index is 11.5. The van der Waals surface area contributed by atoms with Crippen LogP contribution in [-0.4, -0.2) is 52.2 Å². The van der Waals surface area contributed by atoms with Crippen molar-refractivity contribution in [1.82, 2.24) is 24.5 Å². The van der Waals surface area contributed by atoms with E-state index in [1.54, 1.807) is 18.6 Å². The van der Waals surface area contributed by atoms with Gasteiger partial charge in [0.2, 0.25) is 10.0 Å². The zero-order chi connectivity index (χ0) is 14.9. The molecule has 1 atom stereocenters. The fourth-order valence-corrected chi connectivity index (χ4v) is 3.51. The summed E-state index contributed by atoms with van der Waals surface area (Å²) in [5.74, 6) is 0.297. The van der Waals surface area contributed by atoms with Crippen molar-refractivity contribution in [2.75, 3.05) is 19.3 Å². The van der Waals surface area contributed by atoms with Crippen LogP contribution in [-0.2, 0) is 16.4 Å². The molecule has 2 aromatic rings. The third-order valence-electron chi connectivity index (χ3n) is 3.68. The lowest BCUT2D eigenvalue weighted by atomic mass is 10.0. The quantitative estimate of drug-likeness (QED) is 0.897. The highest BCUT2D eigenvalue weighted by molar-refractivity contribution is 7.88. The topological polar surface area (TPSA) is 91.8 Å². The average molecular weight is 307 g/mol. The number of aromatic nitrogens is 4. The minimum Gasteiger partial charge on any atom is -0.276 e. The Kier molecular flexibility index (Phi) is 3.73. The Labute approximate surface area is 123 Å². The summed E-state index contributed by atoms with van der Waals surface area (Å²) in [6.45, 7) is 1.16. The summed E-state index contributed by atoms with van der Waals surface area (Å²) in [6, 6.07) is 1.84. The minimum absolute atomic E-state index is 0.297. The second kappa shape index (κ2) is 5.53. The first-order valence-corrected chi connectivity index (χ1v) is 8.63. The Hall–Kier alpha value is -1.80. The van der Waals surface area contributed by atoms with E-state index < -0.39 is 10.0 Å². The van der Waals surface area contributed by atoms with Crippen LogP contribution in [0.3, 0.4) is 0 Å². The Morgan fingerprint density at radius 3 is 2.95 bits per heavy atom. The summed E-state index contributed by atoms with van der Waals surface area (Å²) in [7, 11) is -3.09. The van der Waals surface area contributed by atoms with Crippen LogP contribution in [0.15, 0.2) is 24.7 Å². The van der Waals surface area contributed by atoms with Crippen LogP contribution in [0, 0.1) is 5.92 Å². The molecule has 0 radical (unpaired) electrons. The standard InChI is InChI=1S/C13H17N5O2S/c1-21(19,20)18-5-3-10(9-18)6-11-7-14-8-13(16-11)12-2-4-15-17-12/h2,4,7-8,10H,3,5-6,9H2,1H3,(H,15,17). The molecule has 7 nitrogen and oxygen atoms in total. The molecule has 1 aliphatic heterocycles. The van der Waals surface area contributed by atoms with Gasteiger partial charge in [-0.1, -0.05) is 0 Å². The molecular formula is C13H17N5O2S. The van der Waals surface area contributed by atoms with E-state index in [9.17, 15) is 8.42 Å². The van der Waals surface area contributed by atoms with Gasteiger partial charge in [0.05, 0.1) is 23.8 Å². The molecule has 1 aliphatic rings. The number of aromatic amines is 1. The van der Waals surface area contributed by atoms with Crippen LogP contribution in [0.2, 0.25) is 0 Å². The summed E-state index contributed by atoms with van der Waals surface area (Å²) in [4.78, 5) is 8.77. The molecule has 3 heterocycles. The smallest absolute Gasteiger partial charge is 0.211 e. The van der Waals surface area contributed by atoms with E-state index in [2.05, 4.69) is 20.2 Å². The van der Waals surface area contributed by atoms with Crippen molar-refractivity contribution in [1.29, 1.82) is 0 Å². The van der Waals surface area contributed by atoms with Crippen molar-refractivity contribution in [3.05, 3.63) is 30.4 Å². The zero-order valence-corrected chi connectivity index (χ0v) is 12.5. The van der Waals surface area contributed by atoms with Crippen molar-refractivity contribution >= 4 is 10.0 Å². The molecule has 1 fully saturated rings. The molecule has 0 aliphatic carbocycles. The zero-order valence-electron chi connectivity index (χ0n) is 11.7. The number of hydrogen-bond donors (Lipinski definition) is 1. The molecule has 0 spiro atoms. The molecule has 21 heavy (non-hydrogen) atoms. The van der Waals surface area contributed by atoms with Gasteiger partial charge < -0.3 is 0 Å². The van der Waals surface area contributed by atoms with Gasteiger partial charge in [-0.25, -0.2) is 17.7 Å². The first-order valence-electron chi connectivity index (χ1n) is 6.78. The fourth-order valence-electron chi connectivity index (χ4n) is 2.59. The van der Waals surface area contributed by atoms with Gasteiger partial charge in [-0.3, -0.25) is 10.1 Å². The van der Waals surface area contributed by atoms with E-state index in [0.717, 1.165) is 29.9 Å². The molecule has 3 rings (SSSR count). The van der Waals surface area contributed by atoms with Crippen molar-refractivity contribution in [3.63, 3.8) is 0 Å². The first kappa shape index (κ1) is 14.2. The average Bonchev–Trinajstić information content (AvgIpc) is 3.09. The predicted molar refractivity (Wildman–Crippen MR) is 77.8 cm³/mol. The maximum Gasteiger partial charge on any atom is 0.211 e.